The standard InChI is InChI=1S/C16H26FN3/c1-13(2)11-15(18)12-19-7-9-20(10-8-19)16-5-3-14(17)4-6-16/h3-6,13,15H,7-12,18H2,1-2H3/t15-/m0/s1. The molecule has 4 heteroatoms. The molecule has 2 N–H and O–H groups in total. The number of rotatable bonds is 5. The summed E-state index contributed by atoms with van der Waals surface area (Å²) in [5.74, 6) is 0.484. The molecule has 0 unspecified atom stereocenters. The average Bonchev–Trinajstić information content (AvgIpc) is 2.39. The van der Waals surface area contributed by atoms with Gasteiger partial charge in [-0.25, -0.2) is 4.39 Å². The van der Waals surface area contributed by atoms with Crippen LogP contribution in [0, 0.1) is 11.7 Å². The molecule has 0 radical (unpaired) electrons. The van der Waals surface area contributed by atoms with Gasteiger partial charge in [-0.3, -0.25) is 4.90 Å². The van der Waals surface area contributed by atoms with Crippen molar-refractivity contribution in [3.63, 3.8) is 0 Å². The molecule has 2 rings (SSSR count). The van der Waals surface area contributed by atoms with Gasteiger partial charge in [0, 0.05) is 44.5 Å². The fraction of sp³-hybridized carbons (Fsp3) is 0.625. The first kappa shape index (κ1) is 15.3. The van der Waals surface area contributed by atoms with Gasteiger partial charge in [-0.1, -0.05) is 13.8 Å². The van der Waals surface area contributed by atoms with E-state index in [0.29, 0.717) is 5.92 Å². The largest absolute Gasteiger partial charge is 0.369 e. The molecule has 0 aromatic heterocycles. The molecule has 0 aliphatic carbocycles. The second-order valence-corrected chi connectivity index (χ2v) is 6.15. The van der Waals surface area contributed by atoms with E-state index in [-0.39, 0.29) is 11.9 Å². The number of anilines is 1. The van der Waals surface area contributed by atoms with Crippen LogP contribution in [0.2, 0.25) is 0 Å². The van der Waals surface area contributed by atoms with Crippen molar-refractivity contribution < 1.29 is 4.39 Å². The summed E-state index contributed by atoms with van der Waals surface area (Å²) < 4.78 is 12.9. The van der Waals surface area contributed by atoms with Gasteiger partial charge in [0.2, 0.25) is 0 Å². The van der Waals surface area contributed by atoms with Crippen LogP contribution in [0.4, 0.5) is 10.1 Å². The maximum atomic E-state index is 12.9. The molecular formula is C16H26FN3. The van der Waals surface area contributed by atoms with Gasteiger partial charge in [-0.15, -0.1) is 0 Å². The predicted molar refractivity (Wildman–Crippen MR) is 82.5 cm³/mol. The Morgan fingerprint density at radius 1 is 1.10 bits per heavy atom. The van der Waals surface area contributed by atoms with Crippen molar-refractivity contribution in [2.75, 3.05) is 37.6 Å². The van der Waals surface area contributed by atoms with Crippen LogP contribution in [0.25, 0.3) is 0 Å². The van der Waals surface area contributed by atoms with E-state index in [1.807, 2.05) is 12.1 Å². The molecule has 0 spiro atoms. The summed E-state index contributed by atoms with van der Waals surface area (Å²) in [6.07, 6.45) is 1.08. The minimum absolute atomic E-state index is 0.174. The third-order valence-electron chi connectivity index (χ3n) is 3.83. The summed E-state index contributed by atoms with van der Waals surface area (Å²) in [7, 11) is 0. The van der Waals surface area contributed by atoms with E-state index in [4.69, 9.17) is 5.73 Å². The van der Waals surface area contributed by atoms with Crippen LogP contribution in [0.15, 0.2) is 24.3 Å². The molecule has 3 nitrogen and oxygen atoms in total. The second-order valence-electron chi connectivity index (χ2n) is 6.15. The Labute approximate surface area is 121 Å². The number of halogens is 1. The molecule has 1 aliphatic heterocycles. The highest BCUT2D eigenvalue weighted by Gasteiger charge is 2.19. The smallest absolute Gasteiger partial charge is 0.123 e. The number of benzene rings is 1. The lowest BCUT2D eigenvalue weighted by molar-refractivity contribution is 0.233. The first-order valence-corrected chi connectivity index (χ1v) is 7.53. The van der Waals surface area contributed by atoms with E-state index in [2.05, 4.69) is 23.6 Å². The molecule has 112 valence electrons. The minimum Gasteiger partial charge on any atom is -0.369 e. The van der Waals surface area contributed by atoms with Crippen LogP contribution in [0.5, 0.6) is 0 Å². The van der Waals surface area contributed by atoms with Gasteiger partial charge >= 0.3 is 0 Å². The van der Waals surface area contributed by atoms with Gasteiger partial charge in [0.15, 0.2) is 0 Å². The monoisotopic (exact) mass is 279 g/mol. The lowest BCUT2D eigenvalue weighted by Gasteiger charge is -2.37. The Balaban J connectivity index is 1.79. The number of nitrogens with two attached hydrogens (primary N) is 1. The highest BCUT2D eigenvalue weighted by Crippen LogP contribution is 2.17. The molecule has 1 aromatic rings. The van der Waals surface area contributed by atoms with Crippen molar-refractivity contribution >= 4 is 5.69 Å². The van der Waals surface area contributed by atoms with Gasteiger partial charge in [0.05, 0.1) is 0 Å². The van der Waals surface area contributed by atoms with Crippen molar-refractivity contribution in [2.45, 2.75) is 26.3 Å². The van der Waals surface area contributed by atoms with Gasteiger partial charge in [0.25, 0.3) is 0 Å². The molecular weight excluding hydrogens is 253 g/mol. The summed E-state index contributed by atoms with van der Waals surface area (Å²) in [5.41, 5.74) is 7.28. The van der Waals surface area contributed by atoms with E-state index in [9.17, 15) is 4.39 Å². The lowest BCUT2D eigenvalue weighted by Crippen LogP contribution is -2.50. The van der Waals surface area contributed by atoms with Crippen molar-refractivity contribution in [2.24, 2.45) is 11.7 Å². The molecule has 1 saturated heterocycles. The molecule has 20 heavy (non-hydrogen) atoms. The van der Waals surface area contributed by atoms with E-state index in [0.717, 1.165) is 44.8 Å². The molecule has 1 heterocycles. The molecule has 1 aliphatic rings. The van der Waals surface area contributed by atoms with Crippen molar-refractivity contribution in [1.29, 1.82) is 0 Å². The maximum Gasteiger partial charge on any atom is 0.123 e. The Morgan fingerprint density at radius 3 is 2.25 bits per heavy atom. The van der Waals surface area contributed by atoms with Crippen LogP contribution < -0.4 is 10.6 Å². The Kier molecular flexibility index (Phi) is 5.38. The Hall–Kier alpha value is -1.13. The van der Waals surface area contributed by atoms with Crippen LogP contribution in [-0.2, 0) is 0 Å². The third kappa shape index (κ3) is 4.46. The molecule has 1 fully saturated rings. The Bertz CT molecular complexity index is 397. The van der Waals surface area contributed by atoms with E-state index in [1.54, 1.807) is 0 Å². The van der Waals surface area contributed by atoms with Crippen LogP contribution in [0.3, 0.4) is 0 Å². The quantitative estimate of drug-likeness (QED) is 0.898. The zero-order valence-electron chi connectivity index (χ0n) is 12.6. The number of hydrogen-bond donors (Lipinski definition) is 1. The third-order valence-corrected chi connectivity index (χ3v) is 3.83. The highest BCUT2D eigenvalue weighted by molar-refractivity contribution is 5.46. The molecule has 1 aromatic carbocycles. The number of nitrogens with zero attached hydrogens (tertiary/aromatic N) is 2. The summed E-state index contributed by atoms with van der Waals surface area (Å²) in [4.78, 5) is 4.75. The second kappa shape index (κ2) is 7.04. The zero-order chi connectivity index (χ0) is 14.5. The van der Waals surface area contributed by atoms with Gasteiger partial charge in [-0.2, -0.15) is 0 Å². The fourth-order valence-corrected chi connectivity index (χ4v) is 2.85. The van der Waals surface area contributed by atoms with E-state index >= 15 is 0 Å². The number of piperazine rings is 1. The summed E-state index contributed by atoms with van der Waals surface area (Å²) in [6, 6.07) is 7.04. The first-order valence-electron chi connectivity index (χ1n) is 7.53. The predicted octanol–water partition coefficient (Wildman–Crippen LogP) is 2.32. The fourth-order valence-electron chi connectivity index (χ4n) is 2.85. The zero-order valence-corrected chi connectivity index (χ0v) is 12.6. The van der Waals surface area contributed by atoms with Gasteiger partial charge in [-0.05, 0) is 36.6 Å². The van der Waals surface area contributed by atoms with Crippen molar-refractivity contribution in [1.82, 2.24) is 4.90 Å². The van der Waals surface area contributed by atoms with Crippen LogP contribution in [0.1, 0.15) is 20.3 Å². The topological polar surface area (TPSA) is 32.5 Å². The SMILES string of the molecule is CC(C)C[C@H](N)CN1CCN(c2ccc(F)cc2)CC1. The number of hydrogen-bond acceptors (Lipinski definition) is 3. The van der Waals surface area contributed by atoms with Crippen molar-refractivity contribution in [3.8, 4) is 0 Å². The van der Waals surface area contributed by atoms with Crippen molar-refractivity contribution in [3.05, 3.63) is 30.1 Å². The Morgan fingerprint density at radius 2 is 1.70 bits per heavy atom. The molecule has 1 atom stereocenters. The van der Waals surface area contributed by atoms with Gasteiger partial charge in [0.1, 0.15) is 5.82 Å². The molecule has 0 saturated carbocycles. The van der Waals surface area contributed by atoms with Crippen LogP contribution >= 0.6 is 0 Å². The van der Waals surface area contributed by atoms with E-state index < -0.39 is 0 Å². The maximum absolute atomic E-state index is 12.9. The van der Waals surface area contributed by atoms with Gasteiger partial charge < -0.3 is 10.6 Å². The summed E-state index contributed by atoms with van der Waals surface area (Å²) in [6.45, 7) is 9.44. The molecule has 0 bridgehead atoms. The lowest BCUT2D eigenvalue weighted by atomic mass is 10.0. The average molecular weight is 279 g/mol. The van der Waals surface area contributed by atoms with Crippen LogP contribution in [-0.4, -0.2) is 43.7 Å². The summed E-state index contributed by atoms with van der Waals surface area (Å²) in [5, 5.41) is 0. The highest BCUT2D eigenvalue weighted by atomic mass is 19.1. The van der Waals surface area contributed by atoms with E-state index in [1.165, 1.54) is 12.1 Å². The minimum atomic E-state index is -0.174. The normalized spacial score (nSPS) is 18.6. The summed E-state index contributed by atoms with van der Waals surface area (Å²) >= 11 is 0. The first-order chi connectivity index (χ1) is 9.54. The molecule has 0 amide bonds.